The van der Waals surface area contributed by atoms with Crippen LogP contribution >= 0.6 is 0 Å². The van der Waals surface area contributed by atoms with Crippen LogP contribution in [0, 0.1) is 17.3 Å². The molecule has 1 aliphatic heterocycles. The second kappa shape index (κ2) is 4.06. The Hall–Kier alpha value is -0.910. The molecule has 5 nitrogen and oxygen atoms in total. The Kier molecular flexibility index (Phi) is 2.85. The van der Waals surface area contributed by atoms with Crippen molar-refractivity contribution in [2.24, 2.45) is 17.3 Å². The third kappa shape index (κ3) is 1.91. The van der Waals surface area contributed by atoms with Gasteiger partial charge in [0.25, 0.3) is 0 Å². The topological polar surface area (TPSA) is 87.0 Å². The fraction of sp³-hybridized carbons (Fsp3) is 0.800. The number of cyclic esters (lactones) is 1. The Morgan fingerprint density at radius 3 is 2.50 bits per heavy atom. The largest absolute Gasteiger partial charge is 0.428 e. The predicted molar refractivity (Wildman–Crippen MR) is 70.4 cm³/mol. The number of aliphatic hydroxyl groups excluding tert-OH is 2. The van der Waals surface area contributed by atoms with E-state index in [1.807, 2.05) is 0 Å². The lowest BCUT2D eigenvalue weighted by atomic mass is 9.78. The maximum Gasteiger partial charge on any atom is 0.336 e. The second-order valence-electron chi connectivity index (χ2n) is 7.51. The van der Waals surface area contributed by atoms with Crippen LogP contribution in [0.5, 0.6) is 0 Å². The molecule has 3 aliphatic rings. The Morgan fingerprint density at radius 1 is 1.20 bits per heavy atom. The lowest BCUT2D eigenvalue weighted by Gasteiger charge is -2.34. The van der Waals surface area contributed by atoms with Crippen LogP contribution in [0.15, 0.2) is 11.1 Å². The summed E-state index contributed by atoms with van der Waals surface area (Å²) in [6.07, 6.45) is -0.606. The van der Waals surface area contributed by atoms with Crippen molar-refractivity contribution in [3.8, 4) is 0 Å². The monoisotopic (exact) mass is 282 g/mol. The van der Waals surface area contributed by atoms with Crippen LogP contribution < -0.4 is 0 Å². The summed E-state index contributed by atoms with van der Waals surface area (Å²) in [4.78, 5) is 11.8. The fourth-order valence-corrected chi connectivity index (χ4v) is 4.34. The molecule has 0 aromatic rings. The SMILES string of the molecule is CC1(C)C[C@@H]2[C@@H](C1)[C@](C)(O)CC1=C([C@@H](O)OC1=O)[C@@H]2O. The van der Waals surface area contributed by atoms with Crippen molar-refractivity contribution >= 4 is 5.97 Å². The maximum absolute atomic E-state index is 11.8. The van der Waals surface area contributed by atoms with Crippen LogP contribution in [0.3, 0.4) is 0 Å². The molecular formula is C15H22O5. The van der Waals surface area contributed by atoms with Gasteiger partial charge in [-0.2, -0.15) is 0 Å². The number of esters is 1. The molecule has 5 heteroatoms. The van der Waals surface area contributed by atoms with E-state index in [1.165, 1.54) is 0 Å². The second-order valence-corrected chi connectivity index (χ2v) is 7.51. The van der Waals surface area contributed by atoms with E-state index in [1.54, 1.807) is 6.92 Å². The van der Waals surface area contributed by atoms with Crippen molar-refractivity contribution < 1.29 is 24.9 Å². The molecule has 1 fully saturated rings. The molecule has 0 amide bonds. The standard InChI is InChI=1S/C15H22O5/c1-14(2)4-7-9(6-14)15(3,19)5-8-10(11(7)16)13(18)20-12(8)17/h7,9,11,13,16,18-19H,4-6H2,1-3H3/t7-,9-,11-,13+,15-/m1/s1. The van der Waals surface area contributed by atoms with Gasteiger partial charge >= 0.3 is 5.97 Å². The third-order valence-electron chi connectivity index (χ3n) is 5.21. The van der Waals surface area contributed by atoms with Crippen molar-refractivity contribution in [3.63, 3.8) is 0 Å². The highest BCUT2D eigenvalue weighted by atomic mass is 16.6. The zero-order valence-electron chi connectivity index (χ0n) is 12.1. The predicted octanol–water partition coefficient (Wildman–Crippen LogP) is 0.726. The number of rotatable bonds is 0. The van der Waals surface area contributed by atoms with Gasteiger partial charge in [-0.3, -0.25) is 0 Å². The first kappa shape index (κ1) is 14.0. The lowest BCUT2D eigenvalue weighted by Crippen LogP contribution is -2.40. The molecule has 0 spiro atoms. The van der Waals surface area contributed by atoms with Crippen molar-refractivity contribution in [3.05, 3.63) is 11.1 Å². The zero-order valence-corrected chi connectivity index (χ0v) is 12.1. The van der Waals surface area contributed by atoms with E-state index in [2.05, 4.69) is 13.8 Å². The van der Waals surface area contributed by atoms with Crippen LogP contribution in [0.4, 0.5) is 0 Å². The molecule has 1 heterocycles. The quantitative estimate of drug-likeness (QED) is 0.570. The minimum absolute atomic E-state index is 0.0345. The molecule has 0 bridgehead atoms. The van der Waals surface area contributed by atoms with Crippen LogP contribution in [-0.2, 0) is 9.53 Å². The van der Waals surface area contributed by atoms with Gasteiger partial charge in [-0.25, -0.2) is 4.79 Å². The molecule has 3 rings (SSSR count). The number of aliphatic hydroxyl groups is 3. The third-order valence-corrected chi connectivity index (χ3v) is 5.21. The molecule has 112 valence electrons. The zero-order chi connectivity index (χ0) is 14.9. The van der Waals surface area contributed by atoms with E-state index in [-0.39, 0.29) is 34.8 Å². The summed E-state index contributed by atoms with van der Waals surface area (Å²) in [6, 6.07) is 0. The van der Waals surface area contributed by atoms with Gasteiger partial charge in [-0.15, -0.1) is 0 Å². The number of hydrogen-bond acceptors (Lipinski definition) is 5. The van der Waals surface area contributed by atoms with Crippen molar-refractivity contribution in [2.75, 3.05) is 0 Å². The minimum Gasteiger partial charge on any atom is -0.428 e. The number of carbonyl (C=O) groups is 1. The summed E-state index contributed by atoms with van der Waals surface area (Å²) in [6.45, 7) is 5.95. The van der Waals surface area contributed by atoms with Gasteiger partial charge in [-0.05, 0) is 37.0 Å². The van der Waals surface area contributed by atoms with Gasteiger partial charge in [-0.1, -0.05) is 13.8 Å². The van der Waals surface area contributed by atoms with Crippen molar-refractivity contribution in [1.82, 2.24) is 0 Å². The molecule has 0 unspecified atom stereocenters. The van der Waals surface area contributed by atoms with E-state index in [9.17, 15) is 20.1 Å². The normalized spacial score (nSPS) is 46.8. The Bertz CT molecular complexity index is 490. The summed E-state index contributed by atoms with van der Waals surface area (Å²) in [7, 11) is 0. The summed E-state index contributed by atoms with van der Waals surface area (Å²) < 4.78 is 4.80. The number of carbonyl (C=O) groups excluding carboxylic acids is 1. The first-order valence-corrected chi connectivity index (χ1v) is 7.15. The van der Waals surface area contributed by atoms with Crippen molar-refractivity contribution in [2.45, 2.75) is 58.0 Å². The van der Waals surface area contributed by atoms with Crippen LogP contribution in [0.25, 0.3) is 0 Å². The molecule has 0 saturated heterocycles. The van der Waals surface area contributed by atoms with Crippen LogP contribution in [0.2, 0.25) is 0 Å². The van der Waals surface area contributed by atoms with Crippen LogP contribution in [-0.4, -0.2) is 39.3 Å². The number of hydrogen-bond donors (Lipinski definition) is 3. The molecule has 0 aromatic heterocycles. The average molecular weight is 282 g/mol. The molecule has 5 atom stereocenters. The van der Waals surface area contributed by atoms with Gasteiger partial charge in [0, 0.05) is 17.6 Å². The van der Waals surface area contributed by atoms with Gasteiger partial charge in [0.2, 0.25) is 6.29 Å². The van der Waals surface area contributed by atoms with Gasteiger partial charge in [0.1, 0.15) is 0 Å². The van der Waals surface area contributed by atoms with Crippen LogP contribution in [0.1, 0.15) is 40.0 Å². The van der Waals surface area contributed by atoms with E-state index < -0.39 is 24.0 Å². The molecule has 1 saturated carbocycles. The lowest BCUT2D eigenvalue weighted by molar-refractivity contribution is -0.154. The van der Waals surface area contributed by atoms with Gasteiger partial charge < -0.3 is 20.1 Å². The summed E-state index contributed by atoms with van der Waals surface area (Å²) in [5, 5.41) is 31.3. The maximum atomic E-state index is 11.8. The molecule has 3 N–H and O–H groups in total. The first-order valence-electron chi connectivity index (χ1n) is 7.15. The Morgan fingerprint density at radius 2 is 1.85 bits per heavy atom. The van der Waals surface area contributed by atoms with Gasteiger partial charge in [0.15, 0.2) is 0 Å². The molecular weight excluding hydrogens is 260 g/mol. The van der Waals surface area contributed by atoms with Crippen molar-refractivity contribution in [1.29, 1.82) is 0 Å². The molecule has 0 radical (unpaired) electrons. The molecule has 20 heavy (non-hydrogen) atoms. The number of ether oxygens (including phenoxy) is 1. The minimum atomic E-state index is -1.37. The smallest absolute Gasteiger partial charge is 0.336 e. The van der Waals surface area contributed by atoms with E-state index in [0.29, 0.717) is 0 Å². The summed E-state index contributed by atoms with van der Waals surface area (Å²) >= 11 is 0. The summed E-state index contributed by atoms with van der Waals surface area (Å²) in [5.74, 6) is -0.860. The fourth-order valence-electron chi connectivity index (χ4n) is 4.34. The first-order chi connectivity index (χ1) is 9.12. The van der Waals surface area contributed by atoms with Gasteiger partial charge in [0.05, 0.1) is 11.7 Å². The molecule has 2 aliphatic carbocycles. The van der Waals surface area contributed by atoms with E-state index in [0.717, 1.165) is 12.8 Å². The molecule has 0 aromatic carbocycles. The average Bonchev–Trinajstić information content (AvgIpc) is 2.74. The van der Waals surface area contributed by atoms with E-state index in [4.69, 9.17) is 4.74 Å². The Balaban J connectivity index is 2.07. The highest BCUT2D eigenvalue weighted by Gasteiger charge is 2.56. The summed E-state index contributed by atoms with van der Waals surface area (Å²) in [5.41, 5.74) is -0.519. The number of fused-ring (bicyclic) bond motifs is 1. The highest BCUT2D eigenvalue weighted by molar-refractivity contribution is 5.92. The Labute approximate surface area is 118 Å². The highest BCUT2D eigenvalue weighted by Crippen LogP contribution is 2.55. The van der Waals surface area contributed by atoms with E-state index >= 15 is 0 Å².